The van der Waals surface area contributed by atoms with Crippen LogP contribution in [0.25, 0.3) is 10.9 Å². The van der Waals surface area contributed by atoms with E-state index in [2.05, 4.69) is 54.5 Å². The third-order valence-corrected chi connectivity index (χ3v) is 3.21. The van der Waals surface area contributed by atoms with Crippen molar-refractivity contribution in [3.63, 3.8) is 0 Å². The highest BCUT2D eigenvalue weighted by Crippen LogP contribution is 2.21. The summed E-state index contributed by atoms with van der Waals surface area (Å²) in [5, 5.41) is 11.6. The monoisotopic (exact) mass is 247 g/mol. The van der Waals surface area contributed by atoms with E-state index < -0.39 is 0 Å². The molecular formula is C14H21N3O. The highest BCUT2D eigenvalue weighted by Gasteiger charge is 2.20. The van der Waals surface area contributed by atoms with Gasteiger partial charge in [0.25, 0.3) is 0 Å². The Balaban J connectivity index is 2.04. The summed E-state index contributed by atoms with van der Waals surface area (Å²) >= 11 is 0. The molecule has 1 atom stereocenters. The molecule has 0 saturated carbocycles. The van der Waals surface area contributed by atoms with Gasteiger partial charge in [0.2, 0.25) is 0 Å². The number of ether oxygens (including phenoxy) is 1. The lowest BCUT2D eigenvalue weighted by atomic mass is 9.99. The smallest absolute Gasteiger partial charge is 0.0670 e. The van der Waals surface area contributed by atoms with E-state index >= 15 is 0 Å². The first-order valence-corrected chi connectivity index (χ1v) is 6.25. The summed E-state index contributed by atoms with van der Waals surface area (Å²) in [6.07, 6.45) is 2.78. The molecule has 0 spiro atoms. The van der Waals surface area contributed by atoms with Crippen LogP contribution in [0.4, 0.5) is 5.69 Å². The summed E-state index contributed by atoms with van der Waals surface area (Å²) in [6.45, 7) is 6.37. The average molecular weight is 247 g/mol. The molecule has 0 saturated heterocycles. The van der Waals surface area contributed by atoms with Gasteiger partial charge >= 0.3 is 0 Å². The predicted molar refractivity (Wildman–Crippen MR) is 74.9 cm³/mol. The van der Waals surface area contributed by atoms with Gasteiger partial charge in [-0.1, -0.05) is 0 Å². The fourth-order valence-electron chi connectivity index (χ4n) is 2.18. The number of rotatable bonds is 5. The van der Waals surface area contributed by atoms with E-state index in [0.717, 1.165) is 23.0 Å². The zero-order valence-corrected chi connectivity index (χ0v) is 11.4. The molecule has 1 aromatic heterocycles. The molecule has 4 heteroatoms. The Hall–Kier alpha value is -1.55. The number of benzene rings is 1. The van der Waals surface area contributed by atoms with E-state index in [1.54, 1.807) is 7.11 Å². The largest absolute Gasteiger partial charge is 0.382 e. The second kappa shape index (κ2) is 4.98. The van der Waals surface area contributed by atoms with E-state index in [1.165, 1.54) is 0 Å². The molecule has 1 aromatic carbocycles. The summed E-state index contributed by atoms with van der Waals surface area (Å²) in [6, 6.07) is 6.57. The first kappa shape index (κ1) is 12.9. The van der Waals surface area contributed by atoms with Crippen LogP contribution in [0, 0.1) is 0 Å². The lowest BCUT2D eigenvalue weighted by Crippen LogP contribution is -2.31. The third-order valence-electron chi connectivity index (χ3n) is 3.21. The molecule has 2 N–H and O–H groups in total. The van der Waals surface area contributed by atoms with Gasteiger partial charge in [0, 0.05) is 24.2 Å². The van der Waals surface area contributed by atoms with Crippen molar-refractivity contribution in [3.05, 3.63) is 24.4 Å². The number of fused-ring (bicyclic) bond motifs is 1. The zero-order chi connectivity index (χ0) is 13.2. The number of H-pyrrole nitrogens is 1. The van der Waals surface area contributed by atoms with Crippen LogP contribution < -0.4 is 5.32 Å². The van der Waals surface area contributed by atoms with Crippen LogP contribution in [-0.4, -0.2) is 29.0 Å². The van der Waals surface area contributed by atoms with Crippen molar-refractivity contribution >= 4 is 16.6 Å². The second-order valence-electron chi connectivity index (χ2n) is 5.39. The van der Waals surface area contributed by atoms with Crippen molar-refractivity contribution in [1.82, 2.24) is 10.2 Å². The number of hydrogen-bond donors (Lipinski definition) is 2. The van der Waals surface area contributed by atoms with Gasteiger partial charge in [0.15, 0.2) is 0 Å². The average Bonchev–Trinajstić information content (AvgIpc) is 2.75. The van der Waals surface area contributed by atoms with E-state index in [0.29, 0.717) is 6.04 Å². The summed E-state index contributed by atoms with van der Waals surface area (Å²) in [5.74, 6) is 0. The highest BCUT2D eigenvalue weighted by molar-refractivity contribution is 5.81. The SMILES string of the molecule is COC(C)(C)CC(C)Nc1ccc2cn[nH]c2c1. The second-order valence-corrected chi connectivity index (χ2v) is 5.39. The molecule has 2 rings (SSSR count). The van der Waals surface area contributed by atoms with Gasteiger partial charge in [0.1, 0.15) is 0 Å². The first-order valence-electron chi connectivity index (χ1n) is 6.25. The van der Waals surface area contributed by atoms with Crippen LogP contribution in [0.2, 0.25) is 0 Å². The minimum Gasteiger partial charge on any atom is -0.382 e. The van der Waals surface area contributed by atoms with Gasteiger partial charge in [-0.3, -0.25) is 5.10 Å². The summed E-state index contributed by atoms with van der Waals surface area (Å²) in [7, 11) is 1.75. The molecule has 0 radical (unpaired) electrons. The van der Waals surface area contributed by atoms with E-state index in [4.69, 9.17) is 4.74 Å². The Labute approximate surface area is 108 Å². The van der Waals surface area contributed by atoms with E-state index in [1.807, 2.05) is 6.20 Å². The normalized spacial score (nSPS) is 13.8. The van der Waals surface area contributed by atoms with E-state index in [9.17, 15) is 0 Å². The molecule has 18 heavy (non-hydrogen) atoms. The van der Waals surface area contributed by atoms with Gasteiger partial charge in [0.05, 0.1) is 17.3 Å². The Bertz CT molecular complexity index is 518. The fraction of sp³-hybridized carbons (Fsp3) is 0.500. The quantitative estimate of drug-likeness (QED) is 0.853. The van der Waals surface area contributed by atoms with Gasteiger partial charge in [-0.2, -0.15) is 5.10 Å². The molecule has 98 valence electrons. The van der Waals surface area contributed by atoms with Crippen molar-refractivity contribution in [2.45, 2.75) is 38.8 Å². The van der Waals surface area contributed by atoms with Crippen LogP contribution in [0.3, 0.4) is 0 Å². The predicted octanol–water partition coefficient (Wildman–Crippen LogP) is 3.18. The lowest BCUT2D eigenvalue weighted by molar-refractivity contribution is 0.0128. The van der Waals surface area contributed by atoms with E-state index in [-0.39, 0.29) is 5.60 Å². The Kier molecular flexibility index (Phi) is 3.57. The highest BCUT2D eigenvalue weighted by atomic mass is 16.5. The lowest BCUT2D eigenvalue weighted by Gasteiger charge is -2.27. The Morgan fingerprint density at radius 3 is 2.94 bits per heavy atom. The molecule has 0 aliphatic rings. The fourth-order valence-corrected chi connectivity index (χ4v) is 2.18. The van der Waals surface area contributed by atoms with Gasteiger partial charge < -0.3 is 10.1 Å². The summed E-state index contributed by atoms with van der Waals surface area (Å²) in [5.41, 5.74) is 2.05. The molecule has 1 heterocycles. The molecule has 0 amide bonds. The van der Waals surface area contributed by atoms with Gasteiger partial charge in [-0.05, 0) is 45.4 Å². The topological polar surface area (TPSA) is 49.9 Å². The molecule has 0 bridgehead atoms. The molecule has 0 fully saturated rings. The number of hydrogen-bond acceptors (Lipinski definition) is 3. The number of aromatic amines is 1. The van der Waals surface area contributed by atoms with Crippen molar-refractivity contribution in [2.24, 2.45) is 0 Å². The van der Waals surface area contributed by atoms with Gasteiger partial charge in [-0.15, -0.1) is 0 Å². The number of nitrogens with one attached hydrogen (secondary N) is 2. The van der Waals surface area contributed by atoms with Crippen molar-refractivity contribution in [1.29, 1.82) is 0 Å². The maximum atomic E-state index is 5.45. The van der Waals surface area contributed by atoms with Crippen LogP contribution >= 0.6 is 0 Å². The van der Waals surface area contributed by atoms with Crippen molar-refractivity contribution < 1.29 is 4.74 Å². The summed E-state index contributed by atoms with van der Waals surface area (Å²) < 4.78 is 5.45. The Morgan fingerprint density at radius 1 is 1.44 bits per heavy atom. The van der Waals surface area contributed by atoms with Gasteiger partial charge in [-0.25, -0.2) is 0 Å². The molecule has 1 unspecified atom stereocenters. The minimum absolute atomic E-state index is 0.107. The van der Waals surface area contributed by atoms with Crippen molar-refractivity contribution in [3.8, 4) is 0 Å². The van der Waals surface area contributed by atoms with Crippen LogP contribution in [0.1, 0.15) is 27.2 Å². The minimum atomic E-state index is -0.107. The summed E-state index contributed by atoms with van der Waals surface area (Å²) in [4.78, 5) is 0. The van der Waals surface area contributed by atoms with Crippen molar-refractivity contribution in [2.75, 3.05) is 12.4 Å². The Morgan fingerprint density at radius 2 is 2.22 bits per heavy atom. The molecule has 0 aliphatic heterocycles. The molecular weight excluding hydrogens is 226 g/mol. The number of methoxy groups -OCH3 is 1. The van der Waals surface area contributed by atoms with Crippen LogP contribution in [0.5, 0.6) is 0 Å². The molecule has 4 nitrogen and oxygen atoms in total. The number of anilines is 1. The number of nitrogens with zero attached hydrogens (tertiary/aromatic N) is 1. The first-order chi connectivity index (χ1) is 8.50. The third kappa shape index (κ3) is 3.01. The van der Waals surface area contributed by atoms with Crippen LogP contribution in [0.15, 0.2) is 24.4 Å². The zero-order valence-electron chi connectivity index (χ0n) is 11.4. The molecule has 0 aliphatic carbocycles. The number of aromatic nitrogens is 2. The maximum absolute atomic E-state index is 5.45. The standard InChI is InChI=1S/C14H21N3O/c1-10(8-14(2,3)18-4)16-12-6-5-11-9-15-17-13(11)7-12/h5-7,9-10,16H,8H2,1-4H3,(H,15,17). The van der Waals surface area contributed by atoms with Crippen LogP contribution in [-0.2, 0) is 4.74 Å². The maximum Gasteiger partial charge on any atom is 0.0670 e. The molecule has 2 aromatic rings.